The molecule has 3 aromatic rings. The number of anilines is 1. The van der Waals surface area contributed by atoms with E-state index in [4.69, 9.17) is 0 Å². The first-order valence-corrected chi connectivity index (χ1v) is 9.01. The number of amides is 1. The van der Waals surface area contributed by atoms with E-state index in [0.717, 1.165) is 28.3 Å². The molecule has 0 fully saturated rings. The number of carbonyl (C=O) groups is 1. The van der Waals surface area contributed by atoms with E-state index in [2.05, 4.69) is 10.3 Å². The van der Waals surface area contributed by atoms with Crippen LogP contribution in [0.4, 0.5) is 18.9 Å². The van der Waals surface area contributed by atoms with Crippen LogP contribution in [-0.2, 0) is 11.9 Å². The summed E-state index contributed by atoms with van der Waals surface area (Å²) in [4.78, 5) is 17.3. The Morgan fingerprint density at radius 2 is 1.74 bits per heavy atom. The van der Waals surface area contributed by atoms with Gasteiger partial charge in [0, 0.05) is 28.7 Å². The highest BCUT2D eigenvalue weighted by Crippen LogP contribution is 2.32. The molecule has 2 aromatic carbocycles. The first kappa shape index (κ1) is 19.0. The lowest BCUT2D eigenvalue weighted by atomic mass is 10.1. The van der Waals surface area contributed by atoms with E-state index >= 15 is 0 Å². The highest BCUT2D eigenvalue weighted by atomic mass is 32.2. The molecule has 7 heteroatoms. The summed E-state index contributed by atoms with van der Waals surface area (Å²) in [5, 5.41) is 2.51. The third kappa shape index (κ3) is 5.10. The Balaban J connectivity index is 1.66. The van der Waals surface area contributed by atoms with Gasteiger partial charge >= 0.3 is 6.18 Å². The van der Waals surface area contributed by atoms with E-state index in [9.17, 15) is 18.0 Å². The number of carbonyl (C=O) groups excluding carboxylic acids is 1. The lowest BCUT2D eigenvalue weighted by Gasteiger charge is -2.13. The first-order valence-electron chi connectivity index (χ1n) is 8.03. The van der Waals surface area contributed by atoms with Crippen LogP contribution in [0.25, 0.3) is 0 Å². The molecule has 1 aromatic heterocycles. The van der Waals surface area contributed by atoms with Gasteiger partial charge in [0.2, 0.25) is 0 Å². The normalized spacial score (nSPS) is 11.2. The molecular formula is C20H15F3N2OS. The summed E-state index contributed by atoms with van der Waals surface area (Å²) < 4.78 is 39.1. The summed E-state index contributed by atoms with van der Waals surface area (Å²) in [5.74, 6) is -0.0444. The predicted octanol–water partition coefficient (Wildman–Crippen LogP) is 5.65. The van der Waals surface area contributed by atoms with Crippen molar-refractivity contribution in [3.63, 3.8) is 0 Å². The molecule has 0 saturated heterocycles. The SMILES string of the molecule is O=C(Nc1ccc(SCc2cccnc2)cc1)c1ccccc1C(F)(F)F. The fourth-order valence-electron chi connectivity index (χ4n) is 2.41. The molecule has 27 heavy (non-hydrogen) atoms. The average Bonchev–Trinajstić information content (AvgIpc) is 2.67. The number of hydrogen-bond acceptors (Lipinski definition) is 3. The molecule has 138 valence electrons. The van der Waals surface area contributed by atoms with Gasteiger partial charge in [-0.1, -0.05) is 18.2 Å². The second-order valence-electron chi connectivity index (χ2n) is 5.67. The third-order valence-corrected chi connectivity index (χ3v) is 4.80. The average molecular weight is 388 g/mol. The number of nitrogens with one attached hydrogen (secondary N) is 1. The standard InChI is InChI=1S/C20H15F3N2OS/c21-20(22,23)18-6-2-1-5-17(18)19(26)25-15-7-9-16(10-8-15)27-13-14-4-3-11-24-12-14/h1-12H,13H2,(H,25,26). The van der Waals surface area contributed by atoms with Gasteiger partial charge in [0.1, 0.15) is 0 Å². The largest absolute Gasteiger partial charge is 0.417 e. The lowest BCUT2D eigenvalue weighted by Crippen LogP contribution is -2.18. The van der Waals surface area contributed by atoms with Gasteiger partial charge in [-0.3, -0.25) is 9.78 Å². The van der Waals surface area contributed by atoms with Crippen molar-refractivity contribution in [3.05, 3.63) is 89.7 Å². The zero-order chi connectivity index (χ0) is 19.3. The zero-order valence-electron chi connectivity index (χ0n) is 14.0. The minimum atomic E-state index is -4.58. The molecule has 0 saturated carbocycles. The van der Waals surface area contributed by atoms with Gasteiger partial charge in [-0.2, -0.15) is 13.2 Å². The van der Waals surface area contributed by atoms with Crippen molar-refractivity contribution < 1.29 is 18.0 Å². The number of nitrogens with zero attached hydrogens (tertiary/aromatic N) is 1. The zero-order valence-corrected chi connectivity index (χ0v) is 14.8. The van der Waals surface area contributed by atoms with Crippen molar-refractivity contribution in [2.75, 3.05) is 5.32 Å². The number of thioether (sulfide) groups is 1. The van der Waals surface area contributed by atoms with Crippen molar-refractivity contribution in [2.45, 2.75) is 16.8 Å². The van der Waals surface area contributed by atoms with E-state index in [1.807, 2.05) is 24.3 Å². The van der Waals surface area contributed by atoms with Gasteiger partial charge in [0.15, 0.2) is 0 Å². The van der Waals surface area contributed by atoms with Crippen LogP contribution in [0.15, 0.2) is 78.0 Å². The Labute approximate surface area is 158 Å². The maximum absolute atomic E-state index is 13.0. The van der Waals surface area contributed by atoms with Gasteiger partial charge in [0.05, 0.1) is 11.1 Å². The molecule has 0 aliphatic carbocycles. The molecular weight excluding hydrogens is 373 g/mol. The van der Waals surface area contributed by atoms with E-state index in [-0.39, 0.29) is 0 Å². The molecule has 0 spiro atoms. The topological polar surface area (TPSA) is 42.0 Å². The summed E-state index contributed by atoms with van der Waals surface area (Å²) >= 11 is 1.60. The second kappa shape index (κ2) is 8.26. The molecule has 3 nitrogen and oxygen atoms in total. The molecule has 3 rings (SSSR count). The maximum Gasteiger partial charge on any atom is 0.417 e. The Kier molecular flexibility index (Phi) is 5.81. The van der Waals surface area contributed by atoms with Gasteiger partial charge < -0.3 is 5.32 Å². The second-order valence-corrected chi connectivity index (χ2v) is 6.72. The molecule has 1 heterocycles. The van der Waals surface area contributed by atoms with E-state index in [1.54, 1.807) is 36.3 Å². The Morgan fingerprint density at radius 1 is 1.00 bits per heavy atom. The van der Waals surface area contributed by atoms with Crippen LogP contribution in [0.1, 0.15) is 21.5 Å². The smallest absolute Gasteiger partial charge is 0.322 e. The molecule has 0 radical (unpaired) electrons. The lowest BCUT2D eigenvalue weighted by molar-refractivity contribution is -0.137. The van der Waals surface area contributed by atoms with Gasteiger partial charge in [-0.15, -0.1) is 11.8 Å². The van der Waals surface area contributed by atoms with Crippen LogP contribution >= 0.6 is 11.8 Å². The van der Waals surface area contributed by atoms with Crippen LogP contribution in [0.3, 0.4) is 0 Å². The minimum Gasteiger partial charge on any atom is -0.322 e. The number of hydrogen-bond donors (Lipinski definition) is 1. The minimum absolute atomic E-state index is 0.403. The molecule has 0 atom stereocenters. The van der Waals surface area contributed by atoms with Crippen molar-refractivity contribution in [1.29, 1.82) is 0 Å². The molecule has 1 amide bonds. The summed E-state index contributed by atoms with van der Waals surface area (Å²) in [7, 11) is 0. The number of halogens is 3. The van der Waals surface area contributed by atoms with Crippen molar-refractivity contribution in [2.24, 2.45) is 0 Å². The summed E-state index contributed by atoms with van der Waals surface area (Å²) in [6.45, 7) is 0. The van der Waals surface area contributed by atoms with Crippen LogP contribution in [0.2, 0.25) is 0 Å². The summed E-state index contributed by atoms with van der Waals surface area (Å²) in [5.41, 5.74) is 0.164. The van der Waals surface area contributed by atoms with Crippen molar-refractivity contribution in [3.8, 4) is 0 Å². The molecule has 0 unspecified atom stereocenters. The monoisotopic (exact) mass is 388 g/mol. The number of benzene rings is 2. The van der Waals surface area contributed by atoms with Crippen LogP contribution in [0.5, 0.6) is 0 Å². The predicted molar refractivity (Wildman–Crippen MR) is 99.6 cm³/mol. The Hall–Kier alpha value is -2.80. The molecule has 0 aliphatic rings. The molecule has 1 N–H and O–H groups in total. The van der Waals surface area contributed by atoms with Gasteiger partial charge in [-0.05, 0) is 48.0 Å². The first-order chi connectivity index (χ1) is 12.9. The highest BCUT2D eigenvalue weighted by Gasteiger charge is 2.34. The third-order valence-electron chi connectivity index (χ3n) is 3.72. The fraction of sp³-hybridized carbons (Fsp3) is 0.100. The van der Waals surface area contributed by atoms with Crippen LogP contribution in [-0.4, -0.2) is 10.9 Å². The fourth-order valence-corrected chi connectivity index (χ4v) is 3.24. The Bertz CT molecular complexity index is 913. The van der Waals surface area contributed by atoms with Gasteiger partial charge in [0.25, 0.3) is 5.91 Å². The van der Waals surface area contributed by atoms with Gasteiger partial charge in [-0.25, -0.2) is 0 Å². The summed E-state index contributed by atoms with van der Waals surface area (Å²) in [6.07, 6.45) is -1.08. The highest BCUT2D eigenvalue weighted by molar-refractivity contribution is 7.98. The Morgan fingerprint density at radius 3 is 2.41 bits per heavy atom. The number of pyridine rings is 1. The quantitative estimate of drug-likeness (QED) is 0.575. The maximum atomic E-state index is 13.0. The number of rotatable bonds is 5. The number of alkyl halides is 3. The van der Waals surface area contributed by atoms with Crippen molar-refractivity contribution >= 4 is 23.4 Å². The van der Waals surface area contributed by atoms with E-state index in [1.165, 1.54) is 12.1 Å². The van der Waals surface area contributed by atoms with Crippen LogP contribution < -0.4 is 5.32 Å². The van der Waals surface area contributed by atoms with Crippen LogP contribution in [0, 0.1) is 0 Å². The molecule has 0 aliphatic heterocycles. The molecule has 0 bridgehead atoms. The number of aromatic nitrogens is 1. The van der Waals surface area contributed by atoms with E-state index in [0.29, 0.717) is 5.69 Å². The van der Waals surface area contributed by atoms with Crippen molar-refractivity contribution in [1.82, 2.24) is 4.98 Å². The summed E-state index contributed by atoms with van der Waals surface area (Å²) in [6, 6.07) is 15.5. The van der Waals surface area contributed by atoms with E-state index < -0.39 is 23.2 Å².